The van der Waals surface area contributed by atoms with Crippen LogP contribution in [0.5, 0.6) is 0 Å². The molecule has 0 radical (unpaired) electrons. The third-order valence-electron chi connectivity index (χ3n) is 4.43. The molecule has 0 bridgehead atoms. The number of hydrogen-bond donors (Lipinski definition) is 2. The Morgan fingerprint density at radius 2 is 1.79 bits per heavy atom. The summed E-state index contributed by atoms with van der Waals surface area (Å²) in [5, 5.41) is 2.64. The summed E-state index contributed by atoms with van der Waals surface area (Å²) in [5.74, 6) is -1.76. The quantitative estimate of drug-likeness (QED) is 0.728. The molecule has 2 aromatic rings. The van der Waals surface area contributed by atoms with E-state index in [1.165, 1.54) is 23.9 Å². The van der Waals surface area contributed by atoms with Gasteiger partial charge in [-0.3, -0.25) is 14.4 Å². The van der Waals surface area contributed by atoms with E-state index in [0.29, 0.717) is 10.5 Å². The molecule has 0 atom stereocenters. The Morgan fingerprint density at radius 3 is 2.50 bits per heavy atom. The Kier molecular flexibility index (Phi) is 6.30. The highest BCUT2D eigenvalue weighted by Gasteiger charge is 2.19. The van der Waals surface area contributed by atoms with Crippen LogP contribution < -0.4 is 11.1 Å². The van der Waals surface area contributed by atoms with Gasteiger partial charge in [0.15, 0.2) is 0 Å². The first-order chi connectivity index (χ1) is 13.5. The van der Waals surface area contributed by atoms with E-state index >= 15 is 0 Å². The van der Waals surface area contributed by atoms with E-state index < -0.39 is 17.6 Å². The lowest BCUT2D eigenvalue weighted by atomic mass is 10.1. The number of carbonyl (C=O) groups excluding carboxylic acids is 3. The maximum absolute atomic E-state index is 13.6. The number of nitrogens with two attached hydrogens (primary N) is 1. The van der Waals surface area contributed by atoms with E-state index in [1.807, 2.05) is 4.90 Å². The van der Waals surface area contributed by atoms with Gasteiger partial charge in [0, 0.05) is 23.7 Å². The van der Waals surface area contributed by atoms with Gasteiger partial charge in [-0.15, -0.1) is 11.8 Å². The second kappa shape index (κ2) is 8.88. The number of likely N-dealkylation sites (tertiary alicyclic amines) is 1. The molecule has 2 aromatic carbocycles. The number of nitrogens with zero attached hydrogens (tertiary/aromatic N) is 1. The zero-order valence-electron chi connectivity index (χ0n) is 15.1. The fraction of sp³-hybridized carbons (Fsp3) is 0.250. The second-order valence-electron chi connectivity index (χ2n) is 6.39. The molecule has 3 rings (SSSR count). The van der Waals surface area contributed by atoms with Gasteiger partial charge >= 0.3 is 0 Å². The van der Waals surface area contributed by atoms with Crippen molar-refractivity contribution in [3.63, 3.8) is 0 Å². The van der Waals surface area contributed by atoms with E-state index in [1.54, 1.807) is 24.3 Å². The molecule has 1 aliphatic rings. The Balaban J connectivity index is 1.71. The van der Waals surface area contributed by atoms with Crippen LogP contribution in [0.25, 0.3) is 0 Å². The smallest absolute Gasteiger partial charge is 0.256 e. The van der Waals surface area contributed by atoms with Gasteiger partial charge < -0.3 is 16.0 Å². The summed E-state index contributed by atoms with van der Waals surface area (Å²) >= 11 is 1.31. The summed E-state index contributed by atoms with van der Waals surface area (Å²) in [6.45, 7) is 1.57. The van der Waals surface area contributed by atoms with Crippen molar-refractivity contribution in [1.82, 2.24) is 4.90 Å². The SMILES string of the molecule is NC(=O)c1cc(NC(=O)c2ccccc2SCC(=O)N2CCCC2)ccc1F. The molecule has 3 N–H and O–H groups in total. The van der Waals surface area contributed by atoms with Gasteiger partial charge in [-0.1, -0.05) is 12.1 Å². The molecule has 0 aliphatic carbocycles. The van der Waals surface area contributed by atoms with Gasteiger partial charge in [-0.25, -0.2) is 4.39 Å². The zero-order chi connectivity index (χ0) is 20.1. The average molecular weight is 401 g/mol. The van der Waals surface area contributed by atoms with Crippen molar-refractivity contribution in [2.24, 2.45) is 5.73 Å². The predicted molar refractivity (Wildman–Crippen MR) is 106 cm³/mol. The highest BCUT2D eigenvalue weighted by atomic mass is 32.2. The van der Waals surface area contributed by atoms with Gasteiger partial charge in [0.05, 0.1) is 16.9 Å². The Hall–Kier alpha value is -2.87. The van der Waals surface area contributed by atoms with Gasteiger partial charge in [0.1, 0.15) is 5.82 Å². The van der Waals surface area contributed by atoms with Crippen molar-refractivity contribution in [3.05, 3.63) is 59.4 Å². The number of hydrogen-bond acceptors (Lipinski definition) is 4. The van der Waals surface area contributed by atoms with E-state index in [-0.39, 0.29) is 22.9 Å². The molecule has 0 aromatic heterocycles. The van der Waals surface area contributed by atoms with Gasteiger partial charge in [-0.2, -0.15) is 0 Å². The van der Waals surface area contributed by atoms with Crippen LogP contribution in [0.3, 0.4) is 0 Å². The molecule has 0 saturated carbocycles. The topological polar surface area (TPSA) is 92.5 Å². The van der Waals surface area contributed by atoms with E-state index in [4.69, 9.17) is 5.73 Å². The second-order valence-corrected chi connectivity index (χ2v) is 7.40. The Labute approximate surface area is 166 Å². The molecule has 146 valence electrons. The average Bonchev–Trinajstić information content (AvgIpc) is 3.22. The molecular weight excluding hydrogens is 381 g/mol. The van der Waals surface area contributed by atoms with Crippen LogP contribution in [0.4, 0.5) is 10.1 Å². The molecule has 6 nitrogen and oxygen atoms in total. The first kappa shape index (κ1) is 19.9. The highest BCUT2D eigenvalue weighted by Crippen LogP contribution is 2.25. The Morgan fingerprint density at radius 1 is 1.07 bits per heavy atom. The molecule has 3 amide bonds. The van der Waals surface area contributed by atoms with Crippen LogP contribution in [0.2, 0.25) is 0 Å². The summed E-state index contributed by atoms with van der Waals surface area (Å²) in [5.41, 5.74) is 5.50. The van der Waals surface area contributed by atoms with Gasteiger partial charge in [-0.05, 0) is 43.2 Å². The lowest BCUT2D eigenvalue weighted by Gasteiger charge is -2.15. The number of primary amides is 1. The maximum Gasteiger partial charge on any atom is 0.256 e. The predicted octanol–water partition coefficient (Wildman–Crippen LogP) is 2.89. The van der Waals surface area contributed by atoms with E-state index in [2.05, 4.69) is 5.32 Å². The van der Waals surface area contributed by atoms with E-state index in [9.17, 15) is 18.8 Å². The largest absolute Gasteiger partial charge is 0.366 e. The highest BCUT2D eigenvalue weighted by molar-refractivity contribution is 8.00. The zero-order valence-corrected chi connectivity index (χ0v) is 15.9. The van der Waals surface area contributed by atoms with Crippen molar-refractivity contribution >= 4 is 35.2 Å². The number of rotatable bonds is 6. The minimum absolute atomic E-state index is 0.0577. The van der Waals surface area contributed by atoms with Crippen molar-refractivity contribution in [1.29, 1.82) is 0 Å². The Bertz CT molecular complexity index is 913. The van der Waals surface area contributed by atoms with Crippen LogP contribution in [-0.2, 0) is 4.79 Å². The van der Waals surface area contributed by atoms with Crippen LogP contribution in [0.1, 0.15) is 33.6 Å². The first-order valence-corrected chi connectivity index (χ1v) is 9.84. The standard InChI is InChI=1S/C20H20FN3O3S/c21-16-8-7-13(11-15(16)19(22)26)23-20(27)14-5-1-2-6-17(14)28-12-18(25)24-9-3-4-10-24/h1-2,5-8,11H,3-4,9-10,12H2,(H2,22,26)(H,23,27). The monoisotopic (exact) mass is 401 g/mol. The molecule has 1 heterocycles. The summed E-state index contributed by atoms with van der Waals surface area (Å²) in [6.07, 6.45) is 2.06. The minimum Gasteiger partial charge on any atom is -0.366 e. The number of halogens is 1. The first-order valence-electron chi connectivity index (χ1n) is 8.86. The summed E-state index contributed by atoms with van der Waals surface area (Å²) in [4.78, 5) is 38.7. The lowest BCUT2D eigenvalue weighted by molar-refractivity contribution is -0.127. The van der Waals surface area contributed by atoms with Crippen LogP contribution in [-0.4, -0.2) is 41.5 Å². The van der Waals surface area contributed by atoms with Crippen LogP contribution in [0.15, 0.2) is 47.4 Å². The number of nitrogens with one attached hydrogen (secondary N) is 1. The molecule has 1 fully saturated rings. The fourth-order valence-corrected chi connectivity index (χ4v) is 3.92. The van der Waals surface area contributed by atoms with Crippen molar-refractivity contribution in [2.45, 2.75) is 17.7 Å². The van der Waals surface area contributed by atoms with Crippen molar-refractivity contribution in [3.8, 4) is 0 Å². The molecule has 1 saturated heterocycles. The van der Waals surface area contributed by atoms with Crippen molar-refractivity contribution in [2.75, 3.05) is 24.2 Å². The minimum atomic E-state index is -0.912. The lowest BCUT2D eigenvalue weighted by Crippen LogP contribution is -2.29. The van der Waals surface area contributed by atoms with Gasteiger partial charge in [0.25, 0.3) is 11.8 Å². The molecule has 28 heavy (non-hydrogen) atoms. The molecular formula is C20H20FN3O3S. The van der Waals surface area contributed by atoms with Crippen molar-refractivity contribution < 1.29 is 18.8 Å². The fourth-order valence-electron chi connectivity index (χ4n) is 2.97. The molecule has 0 spiro atoms. The van der Waals surface area contributed by atoms with Crippen LogP contribution in [0, 0.1) is 5.82 Å². The van der Waals surface area contributed by atoms with Crippen LogP contribution >= 0.6 is 11.8 Å². The summed E-state index contributed by atoms with van der Waals surface area (Å²) < 4.78 is 13.6. The molecule has 8 heteroatoms. The summed E-state index contributed by atoms with van der Waals surface area (Å²) in [6, 6.07) is 10.6. The third-order valence-corrected chi connectivity index (χ3v) is 5.49. The molecule has 0 unspecified atom stereocenters. The van der Waals surface area contributed by atoms with Gasteiger partial charge in [0.2, 0.25) is 5.91 Å². The molecule has 1 aliphatic heterocycles. The number of carbonyl (C=O) groups is 3. The number of amides is 3. The summed E-state index contributed by atoms with van der Waals surface area (Å²) in [7, 11) is 0. The van der Waals surface area contributed by atoms with E-state index in [0.717, 1.165) is 32.0 Å². The maximum atomic E-state index is 13.6. The number of thioether (sulfide) groups is 1. The number of anilines is 1. The third kappa shape index (κ3) is 4.69. The normalized spacial score (nSPS) is 13.4. The number of benzene rings is 2.